The quantitative estimate of drug-likeness (QED) is 0.688. The van der Waals surface area contributed by atoms with Crippen molar-refractivity contribution >= 4 is 6.08 Å². The predicted octanol–water partition coefficient (Wildman–Crippen LogP) is 1.92. The van der Waals surface area contributed by atoms with Crippen molar-refractivity contribution in [2.24, 2.45) is 0 Å². The molecule has 0 aromatic heterocycles. The molecule has 0 heterocycles. The Morgan fingerprint density at radius 2 is 2.00 bits per heavy atom. The summed E-state index contributed by atoms with van der Waals surface area (Å²) < 4.78 is 0. The second-order valence-corrected chi connectivity index (χ2v) is 2.37. The maximum atomic E-state index is 3.05. The summed E-state index contributed by atoms with van der Waals surface area (Å²) in [6.45, 7) is 0.925. The summed E-state index contributed by atoms with van der Waals surface area (Å²) in [7, 11) is 1.94. The van der Waals surface area contributed by atoms with E-state index < -0.39 is 0 Å². The molecule has 0 fully saturated rings. The van der Waals surface area contributed by atoms with Gasteiger partial charge in [0.2, 0.25) is 0 Å². The Bertz CT molecular complexity index is 214. The monoisotopic (exact) mass is 147 g/mol. The molecule has 0 unspecified atom stereocenters. The standard InChI is InChI=1S/C10H13N/c1-11-9-5-8-10-6-3-2-4-7-10/h2-8,11H,9H2,1H3/b8-5+. The highest BCUT2D eigenvalue weighted by atomic mass is 14.8. The fourth-order valence-electron chi connectivity index (χ4n) is 0.877. The van der Waals surface area contributed by atoms with Gasteiger partial charge in [0.15, 0.2) is 0 Å². The molecule has 0 aliphatic rings. The first-order valence-electron chi connectivity index (χ1n) is 3.79. The summed E-state index contributed by atoms with van der Waals surface area (Å²) in [6.07, 6.45) is 4.21. The van der Waals surface area contributed by atoms with Gasteiger partial charge in [-0.05, 0) is 12.6 Å². The lowest BCUT2D eigenvalue weighted by Crippen LogP contribution is -2.03. The summed E-state index contributed by atoms with van der Waals surface area (Å²) in [4.78, 5) is 0. The Kier molecular flexibility index (Phi) is 3.42. The SMILES string of the molecule is CNC/C=C/c1ccccc1. The molecule has 0 aliphatic heterocycles. The first-order valence-corrected chi connectivity index (χ1v) is 3.79. The van der Waals surface area contributed by atoms with E-state index in [-0.39, 0.29) is 0 Å². The lowest BCUT2D eigenvalue weighted by molar-refractivity contribution is 0.922. The minimum atomic E-state index is 0.925. The molecule has 0 saturated carbocycles. The molecule has 1 N–H and O–H groups in total. The van der Waals surface area contributed by atoms with Gasteiger partial charge in [-0.1, -0.05) is 42.5 Å². The highest BCUT2D eigenvalue weighted by molar-refractivity contribution is 5.48. The van der Waals surface area contributed by atoms with Crippen molar-refractivity contribution in [3.8, 4) is 0 Å². The molecule has 11 heavy (non-hydrogen) atoms. The van der Waals surface area contributed by atoms with Crippen molar-refractivity contribution in [2.45, 2.75) is 0 Å². The topological polar surface area (TPSA) is 12.0 Å². The first kappa shape index (κ1) is 8.02. The third-order valence-corrected chi connectivity index (χ3v) is 1.43. The van der Waals surface area contributed by atoms with Gasteiger partial charge < -0.3 is 5.32 Å². The second kappa shape index (κ2) is 4.69. The van der Waals surface area contributed by atoms with Gasteiger partial charge in [0, 0.05) is 6.54 Å². The minimum Gasteiger partial charge on any atom is -0.316 e. The summed E-state index contributed by atoms with van der Waals surface area (Å²) >= 11 is 0. The molecule has 1 aromatic carbocycles. The van der Waals surface area contributed by atoms with Crippen LogP contribution in [0.5, 0.6) is 0 Å². The largest absolute Gasteiger partial charge is 0.316 e. The molecular weight excluding hydrogens is 134 g/mol. The number of nitrogens with one attached hydrogen (secondary N) is 1. The number of hydrogen-bond donors (Lipinski definition) is 1. The van der Waals surface area contributed by atoms with Crippen LogP contribution in [0.4, 0.5) is 0 Å². The van der Waals surface area contributed by atoms with Gasteiger partial charge in [0.1, 0.15) is 0 Å². The Labute approximate surface area is 67.8 Å². The Morgan fingerprint density at radius 1 is 1.27 bits per heavy atom. The zero-order valence-electron chi connectivity index (χ0n) is 6.75. The van der Waals surface area contributed by atoms with Crippen LogP contribution in [0.1, 0.15) is 5.56 Å². The third-order valence-electron chi connectivity index (χ3n) is 1.43. The Balaban J connectivity index is 2.50. The molecule has 1 aromatic rings. The van der Waals surface area contributed by atoms with E-state index in [2.05, 4.69) is 29.6 Å². The zero-order chi connectivity index (χ0) is 7.94. The van der Waals surface area contributed by atoms with E-state index in [1.54, 1.807) is 0 Å². The average molecular weight is 147 g/mol. The van der Waals surface area contributed by atoms with Gasteiger partial charge >= 0.3 is 0 Å². The lowest BCUT2D eigenvalue weighted by atomic mass is 10.2. The minimum absolute atomic E-state index is 0.925. The predicted molar refractivity (Wildman–Crippen MR) is 49.4 cm³/mol. The molecule has 0 amide bonds. The number of hydrogen-bond acceptors (Lipinski definition) is 1. The molecule has 0 saturated heterocycles. The van der Waals surface area contributed by atoms with Crippen LogP contribution in [0.3, 0.4) is 0 Å². The van der Waals surface area contributed by atoms with Crippen molar-refractivity contribution in [3.63, 3.8) is 0 Å². The van der Waals surface area contributed by atoms with E-state index in [9.17, 15) is 0 Å². The van der Waals surface area contributed by atoms with Gasteiger partial charge in [-0.3, -0.25) is 0 Å². The van der Waals surface area contributed by atoms with Crippen LogP contribution < -0.4 is 5.32 Å². The fourth-order valence-corrected chi connectivity index (χ4v) is 0.877. The van der Waals surface area contributed by atoms with Crippen molar-refractivity contribution in [2.75, 3.05) is 13.6 Å². The highest BCUT2D eigenvalue weighted by Gasteiger charge is 1.79. The van der Waals surface area contributed by atoms with E-state index in [1.807, 2.05) is 25.2 Å². The molecule has 0 atom stereocenters. The smallest absolute Gasteiger partial charge is 0.0135 e. The normalized spacial score (nSPS) is 10.6. The van der Waals surface area contributed by atoms with Crippen LogP contribution >= 0.6 is 0 Å². The van der Waals surface area contributed by atoms with Crippen LogP contribution in [0, 0.1) is 0 Å². The number of benzene rings is 1. The van der Waals surface area contributed by atoms with Crippen LogP contribution in [0.2, 0.25) is 0 Å². The second-order valence-electron chi connectivity index (χ2n) is 2.37. The summed E-state index contributed by atoms with van der Waals surface area (Å²) in [5, 5.41) is 3.05. The molecule has 0 aliphatic carbocycles. The Hall–Kier alpha value is -1.08. The lowest BCUT2D eigenvalue weighted by Gasteiger charge is -1.90. The van der Waals surface area contributed by atoms with Gasteiger partial charge in [-0.2, -0.15) is 0 Å². The van der Waals surface area contributed by atoms with Gasteiger partial charge in [0.05, 0.1) is 0 Å². The van der Waals surface area contributed by atoms with Crippen LogP contribution in [-0.4, -0.2) is 13.6 Å². The van der Waals surface area contributed by atoms with Gasteiger partial charge in [-0.25, -0.2) is 0 Å². The molecule has 1 nitrogen and oxygen atoms in total. The van der Waals surface area contributed by atoms with Crippen molar-refractivity contribution in [1.82, 2.24) is 5.32 Å². The molecule has 0 radical (unpaired) electrons. The third kappa shape index (κ3) is 3.01. The summed E-state index contributed by atoms with van der Waals surface area (Å²) in [5.41, 5.74) is 1.25. The van der Waals surface area contributed by atoms with Gasteiger partial charge in [-0.15, -0.1) is 0 Å². The summed E-state index contributed by atoms with van der Waals surface area (Å²) in [5.74, 6) is 0. The maximum Gasteiger partial charge on any atom is 0.0135 e. The molecule has 0 spiro atoms. The van der Waals surface area contributed by atoms with E-state index >= 15 is 0 Å². The van der Waals surface area contributed by atoms with Crippen LogP contribution in [-0.2, 0) is 0 Å². The van der Waals surface area contributed by atoms with E-state index in [0.29, 0.717) is 0 Å². The molecule has 1 rings (SSSR count). The number of rotatable bonds is 3. The van der Waals surface area contributed by atoms with Crippen LogP contribution in [0.25, 0.3) is 6.08 Å². The molecule has 1 heteroatoms. The molecule has 0 bridgehead atoms. The zero-order valence-corrected chi connectivity index (χ0v) is 6.75. The van der Waals surface area contributed by atoms with Crippen molar-refractivity contribution in [3.05, 3.63) is 42.0 Å². The Morgan fingerprint density at radius 3 is 2.64 bits per heavy atom. The fraction of sp³-hybridized carbons (Fsp3) is 0.200. The highest BCUT2D eigenvalue weighted by Crippen LogP contribution is 1.99. The van der Waals surface area contributed by atoms with E-state index in [1.165, 1.54) is 5.56 Å². The van der Waals surface area contributed by atoms with Crippen molar-refractivity contribution in [1.29, 1.82) is 0 Å². The number of likely N-dealkylation sites (N-methyl/N-ethyl adjacent to an activating group) is 1. The van der Waals surface area contributed by atoms with Gasteiger partial charge in [0.25, 0.3) is 0 Å². The van der Waals surface area contributed by atoms with Crippen molar-refractivity contribution < 1.29 is 0 Å². The molecular formula is C10H13N. The average Bonchev–Trinajstić information content (AvgIpc) is 2.07. The van der Waals surface area contributed by atoms with E-state index in [0.717, 1.165) is 6.54 Å². The van der Waals surface area contributed by atoms with E-state index in [4.69, 9.17) is 0 Å². The summed E-state index contributed by atoms with van der Waals surface area (Å²) in [6, 6.07) is 10.3. The van der Waals surface area contributed by atoms with Crippen LogP contribution in [0.15, 0.2) is 36.4 Å². The first-order chi connectivity index (χ1) is 5.43. The maximum absolute atomic E-state index is 3.05. The molecule has 58 valence electrons.